The van der Waals surface area contributed by atoms with E-state index in [-0.39, 0.29) is 0 Å². The molecule has 1 heterocycles. The fourth-order valence-corrected chi connectivity index (χ4v) is 2.21. The minimum absolute atomic E-state index is 0.509. The molecule has 3 heteroatoms. The van der Waals surface area contributed by atoms with E-state index in [1.54, 1.807) is 4.68 Å². The summed E-state index contributed by atoms with van der Waals surface area (Å²) in [5.41, 5.74) is 4.05. The van der Waals surface area contributed by atoms with Crippen LogP contribution in [0.15, 0.2) is 30.3 Å². The van der Waals surface area contributed by atoms with Crippen LogP contribution >= 0.6 is 0 Å². The molecular formula is C16H22N2O. The van der Waals surface area contributed by atoms with Gasteiger partial charge in [-0.3, -0.25) is 4.68 Å². The minimum atomic E-state index is -0.612. The zero-order valence-electron chi connectivity index (χ0n) is 12.1. The molecule has 0 aliphatic heterocycles. The van der Waals surface area contributed by atoms with Crippen LogP contribution in [-0.4, -0.2) is 14.9 Å². The van der Waals surface area contributed by atoms with E-state index in [4.69, 9.17) is 0 Å². The highest BCUT2D eigenvalue weighted by Crippen LogP contribution is 2.24. The Morgan fingerprint density at radius 2 is 1.74 bits per heavy atom. The van der Waals surface area contributed by atoms with Gasteiger partial charge in [0.1, 0.15) is 6.10 Å². The number of benzene rings is 1. The summed E-state index contributed by atoms with van der Waals surface area (Å²) >= 11 is 0. The maximum Gasteiger partial charge on any atom is 0.121 e. The zero-order chi connectivity index (χ0) is 14.0. The van der Waals surface area contributed by atoms with Gasteiger partial charge in [0.25, 0.3) is 0 Å². The third-order valence-corrected chi connectivity index (χ3v) is 3.53. The lowest BCUT2D eigenvalue weighted by molar-refractivity contribution is 0.209. The maximum absolute atomic E-state index is 10.5. The molecule has 2 aromatic rings. The van der Waals surface area contributed by atoms with E-state index in [1.165, 1.54) is 5.56 Å². The lowest BCUT2D eigenvalue weighted by atomic mass is 9.99. The molecular weight excluding hydrogens is 236 g/mol. The molecule has 0 saturated heterocycles. The average Bonchev–Trinajstić information content (AvgIpc) is 2.79. The van der Waals surface area contributed by atoms with Crippen LogP contribution in [0.4, 0.5) is 0 Å². The number of aromatic nitrogens is 2. The summed E-state index contributed by atoms with van der Waals surface area (Å²) < 4.78 is 1.76. The van der Waals surface area contributed by atoms with E-state index in [9.17, 15) is 5.11 Å². The van der Waals surface area contributed by atoms with Crippen molar-refractivity contribution in [1.29, 1.82) is 0 Å². The van der Waals surface area contributed by atoms with Crippen molar-refractivity contribution in [1.82, 2.24) is 9.78 Å². The van der Waals surface area contributed by atoms with Gasteiger partial charge in [0.05, 0.1) is 11.4 Å². The van der Waals surface area contributed by atoms with E-state index in [0.717, 1.165) is 23.4 Å². The van der Waals surface area contributed by atoms with Crippen molar-refractivity contribution >= 4 is 0 Å². The van der Waals surface area contributed by atoms with Crippen LogP contribution in [-0.2, 0) is 13.5 Å². The number of nitrogens with zero attached hydrogens (tertiary/aromatic N) is 2. The fraction of sp³-hybridized carbons (Fsp3) is 0.438. The quantitative estimate of drug-likeness (QED) is 0.914. The van der Waals surface area contributed by atoms with E-state index in [0.29, 0.717) is 5.92 Å². The first kappa shape index (κ1) is 13.8. The van der Waals surface area contributed by atoms with Crippen LogP contribution < -0.4 is 0 Å². The summed E-state index contributed by atoms with van der Waals surface area (Å²) in [6, 6.07) is 10.1. The Morgan fingerprint density at radius 1 is 1.16 bits per heavy atom. The Balaban J connectivity index is 2.27. The van der Waals surface area contributed by atoms with Crippen molar-refractivity contribution in [2.75, 3.05) is 0 Å². The maximum atomic E-state index is 10.5. The van der Waals surface area contributed by atoms with Gasteiger partial charge < -0.3 is 5.11 Å². The first-order valence-electron chi connectivity index (χ1n) is 6.83. The molecule has 0 fully saturated rings. The normalized spacial score (nSPS) is 12.9. The number of aliphatic hydroxyl groups is 1. The van der Waals surface area contributed by atoms with Crippen LogP contribution in [0.5, 0.6) is 0 Å². The molecule has 1 aromatic heterocycles. The van der Waals surface area contributed by atoms with Gasteiger partial charge in [-0.25, -0.2) is 0 Å². The summed E-state index contributed by atoms with van der Waals surface area (Å²) in [7, 11) is 1.88. The molecule has 0 aliphatic carbocycles. The van der Waals surface area contributed by atoms with Gasteiger partial charge in [-0.2, -0.15) is 5.10 Å². The first-order valence-corrected chi connectivity index (χ1v) is 6.83. The van der Waals surface area contributed by atoms with Gasteiger partial charge in [0.15, 0.2) is 0 Å². The van der Waals surface area contributed by atoms with Crippen LogP contribution in [0.3, 0.4) is 0 Å². The number of aryl methyl sites for hydroxylation is 2. The molecule has 2 rings (SSSR count). The first-order chi connectivity index (χ1) is 9.02. The molecule has 0 bridgehead atoms. The van der Waals surface area contributed by atoms with Crippen LogP contribution in [0.2, 0.25) is 0 Å². The van der Waals surface area contributed by atoms with E-state index >= 15 is 0 Å². The Morgan fingerprint density at radius 3 is 2.21 bits per heavy atom. The molecule has 0 radical (unpaired) electrons. The fourth-order valence-electron chi connectivity index (χ4n) is 2.21. The molecule has 19 heavy (non-hydrogen) atoms. The highest BCUT2D eigenvalue weighted by atomic mass is 16.3. The SMILES string of the molecule is CCc1cc(C(O)c2ccc(C(C)C)cc2)n(C)n1. The molecule has 0 spiro atoms. The summed E-state index contributed by atoms with van der Waals surface area (Å²) in [5.74, 6) is 0.509. The Bertz CT molecular complexity index is 540. The highest BCUT2D eigenvalue weighted by Gasteiger charge is 2.15. The van der Waals surface area contributed by atoms with Crippen molar-refractivity contribution in [2.24, 2.45) is 7.05 Å². The second-order valence-electron chi connectivity index (χ2n) is 5.26. The van der Waals surface area contributed by atoms with E-state index < -0.39 is 6.10 Å². The molecule has 0 aliphatic rings. The van der Waals surface area contributed by atoms with Crippen LogP contribution in [0.1, 0.15) is 55.3 Å². The van der Waals surface area contributed by atoms with Crippen molar-refractivity contribution in [3.8, 4) is 0 Å². The summed E-state index contributed by atoms with van der Waals surface area (Å²) in [6.07, 6.45) is 0.270. The summed E-state index contributed by atoms with van der Waals surface area (Å²) in [5, 5.41) is 14.8. The Labute approximate surface area is 114 Å². The molecule has 0 amide bonds. The topological polar surface area (TPSA) is 38.0 Å². The molecule has 102 valence electrons. The Kier molecular flexibility index (Phi) is 4.05. The average molecular weight is 258 g/mol. The number of rotatable bonds is 4. The van der Waals surface area contributed by atoms with Gasteiger partial charge >= 0.3 is 0 Å². The number of hydrogen-bond donors (Lipinski definition) is 1. The number of aliphatic hydroxyl groups excluding tert-OH is 1. The predicted molar refractivity (Wildman–Crippen MR) is 77.2 cm³/mol. The lowest BCUT2D eigenvalue weighted by Gasteiger charge is -2.13. The lowest BCUT2D eigenvalue weighted by Crippen LogP contribution is -2.06. The third-order valence-electron chi connectivity index (χ3n) is 3.53. The third kappa shape index (κ3) is 2.87. The number of hydrogen-bond acceptors (Lipinski definition) is 2. The van der Waals surface area contributed by atoms with Crippen molar-refractivity contribution in [3.05, 3.63) is 52.8 Å². The van der Waals surface area contributed by atoms with Crippen molar-refractivity contribution in [3.63, 3.8) is 0 Å². The van der Waals surface area contributed by atoms with Gasteiger partial charge in [0, 0.05) is 7.05 Å². The summed E-state index contributed by atoms with van der Waals surface area (Å²) in [4.78, 5) is 0. The summed E-state index contributed by atoms with van der Waals surface area (Å²) in [6.45, 7) is 6.40. The minimum Gasteiger partial charge on any atom is -0.382 e. The molecule has 0 saturated carbocycles. The smallest absolute Gasteiger partial charge is 0.121 e. The highest BCUT2D eigenvalue weighted by molar-refractivity contribution is 5.31. The second kappa shape index (κ2) is 5.57. The Hall–Kier alpha value is -1.61. The molecule has 1 atom stereocenters. The van der Waals surface area contributed by atoms with Gasteiger partial charge in [-0.15, -0.1) is 0 Å². The standard InChI is InChI=1S/C16H22N2O/c1-5-14-10-15(18(4)17-14)16(19)13-8-6-12(7-9-13)11(2)3/h6-11,16,19H,5H2,1-4H3. The van der Waals surface area contributed by atoms with Gasteiger partial charge in [-0.05, 0) is 29.5 Å². The zero-order valence-corrected chi connectivity index (χ0v) is 12.1. The van der Waals surface area contributed by atoms with Crippen LogP contribution in [0.25, 0.3) is 0 Å². The van der Waals surface area contributed by atoms with Crippen molar-refractivity contribution in [2.45, 2.75) is 39.2 Å². The van der Waals surface area contributed by atoms with E-state index in [2.05, 4.69) is 38.0 Å². The predicted octanol–water partition coefficient (Wildman–Crippen LogP) is 3.19. The largest absolute Gasteiger partial charge is 0.382 e. The molecule has 3 nitrogen and oxygen atoms in total. The molecule has 1 aromatic carbocycles. The van der Waals surface area contributed by atoms with Gasteiger partial charge in [0.2, 0.25) is 0 Å². The van der Waals surface area contributed by atoms with E-state index in [1.807, 2.05) is 25.2 Å². The second-order valence-corrected chi connectivity index (χ2v) is 5.26. The molecule has 1 unspecified atom stereocenters. The monoisotopic (exact) mass is 258 g/mol. The van der Waals surface area contributed by atoms with Crippen LogP contribution in [0, 0.1) is 0 Å². The molecule has 1 N–H and O–H groups in total. The van der Waals surface area contributed by atoms with Crippen molar-refractivity contribution < 1.29 is 5.11 Å². The van der Waals surface area contributed by atoms with Gasteiger partial charge in [-0.1, -0.05) is 45.0 Å².